The van der Waals surface area contributed by atoms with Crippen molar-refractivity contribution in [1.82, 2.24) is 24.3 Å². The Bertz CT molecular complexity index is 619. The number of aryl methyl sites for hydroxylation is 1. The maximum Gasteiger partial charge on any atom is 0.275 e. The number of hydrogen-bond donors (Lipinski definition) is 2. The molecule has 0 unspecified atom stereocenters. The van der Waals surface area contributed by atoms with Crippen LogP contribution in [-0.2, 0) is 4.79 Å². The lowest BCUT2D eigenvalue weighted by Gasteiger charge is -2.40. The minimum Gasteiger partial charge on any atom is -0.354 e. The van der Waals surface area contributed by atoms with Crippen molar-refractivity contribution in [3.63, 3.8) is 0 Å². The van der Waals surface area contributed by atoms with Gasteiger partial charge in [-0.15, -0.1) is 0 Å². The van der Waals surface area contributed by atoms with Crippen LogP contribution in [0.15, 0.2) is 0 Å². The van der Waals surface area contributed by atoms with Gasteiger partial charge in [0.25, 0.3) is 5.91 Å². The Morgan fingerprint density at radius 3 is 2.52 bits per heavy atom. The van der Waals surface area contributed by atoms with Crippen molar-refractivity contribution in [2.24, 2.45) is 5.41 Å². The number of carbonyl (C=O) groups excluding carboxylic acids is 2. The molecular weight excluding hydrogens is 314 g/mol. The van der Waals surface area contributed by atoms with Crippen LogP contribution in [0.1, 0.15) is 42.9 Å². The number of nitrogens with zero attached hydrogens (tertiary/aromatic N) is 3. The van der Waals surface area contributed by atoms with E-state index in [1.807, 2.05) is 0 Å². The summed E-state index contributed by atoms with van der Waals surface area (Å²) in [6.07, 6.45) is 1.24. The van der Waals surface area contributed by atoms with E-state index in [1.165, 1.54) is 0 Å². The van der Waals surface area contributed by atoms with Gasteiger partial charge in [-0.05, 0) is 25.2 Å². The van der Waals surface area contributed by atoms with E-state index in [0.717, 1.165) is 18.3 Å². The summed E-state index contributed by atoms with van der Waals surface area (Å²) in [6.45, 7) is 8.63. The SMILES string of the molecule is Cc1nsnc1C(=O)N1CCC2(CC1)NCC(C)(C)CNC2=O. The molecular formula is C15H23N5O2S. The first-order chi connectivity index (χ1) is 10.8. The lowest BCUT2D eigenvalue weighted by molar-refractivity contribution is -0.128. The van der Waals surface area contributed by atoms with Crippen LogP contribution in [0.4, 0.5) is 0 Å². The van der Waals surface area contributed by atoms with E-state index in [-0.39, 0.29) is 17.2 Å². The Balaban J connectivity index is 1.69. The van der Waals surface area contributed by atoms with Crippen molar-refractivity contribution in [1.29, 1.82) is 0 Å². The molecule has 8 heteroatoms. The number of nitrogens with one attached hydrogen (secondary N) is 2. The maximum atomic E-state index is 12.5. The third kappa shape index (κ3) is 3.10. The second kappa shape index (κ2) is 5.83. The summed E-state index contributed by atoms with van der Waals surface area (Å²) < 4.78 is 8.15. The van der Waals surface area contributed by atoms with Gasteiger partial charge in [-0.1, -0.05) is 13.8 Å². The van der Waals surface area contributed by atoms with Gasteiger partial charge in [0, 0.05) is 26.2 Å². The van der Waals surface area contributed by atoms with E-state index < -0.39 is 5.54 Å². The largest absolute Gasteiger partial charge is 0.354 e. The number of piperidine rings is 1. The highest BCUT2D eigenvalue weighted by Crippen LogP contribution is 2.28. The van der Waals surface area contributed by atoms with Gasteiger partial charge in [-0.25, -0.2) is 0 Å². The molecule has 1 aromatic rings. The summed E-state index contributed by atoms with van der Waals surface area (Å²) >= 11 is 1.06. The minimum atomic E-state index is -0.556. The van der Waals surface area contributed by atoms with Gasteiger partial charge in [0.05, 0.1) is 17.4 Å². The number of amides is 2. The summed E-state index contributed by atoms with van der Waals surface area (Å²) in [5, 5.41) is 6.52. The summed E-state index contributed by atoms with van der Waals surface area (Å²) in [5.41, 5.74) is 0.591. The lowest BCUT2D eigenvalue weighted by atomic mass is 9.86. The van der Waals surface area contributed by atoms with E-state index in [2.05, 4.69) is 33.2 Å². The molecule has 0 saturated carbocycles. The summed E-state index contributed by atoms with van der Waals surface area (Å²) in [5.74, 6) is -0.0258. The average molecular weight is 337 g/mol. The second-order valence-electron chi connectivity index (χ2n) is 7.27. The molecule has 2 aliphatic heterocycles. The number of rotatable bonds is 1. The molecule has 2 aliphatic rings. The molecule has 3 rings (SSSR count). The van der Waals surface area contributed by atoms with Crippen LogP contribution in [0.2, 0.25) is 0 Å². The number of carbonyl (C=O) groups is 2. The first-order valence-corrected chi connectivity index (χ1v) is 8.68. The maximum absolute atomic E-state index is 12.5. The van der Waals surface area contributed by atoms with Crippen LogP contribution in [0.25, 0.3) is 0 Å². The molecule has 2 amide bonds. The molecule has 7 nitrogen and oxygen atoms in total. The van der Waals surface area contributed by atoms with E-state index >= 15 is 0 Å². The van der Waals surface area contributed by atoms with Gasteiger partial charge in [-0.2, -0.15) is 8.75 Å². The molecule has 2 saturated heterocycles. The van der Waals surface area contributed by atoms with E-state index in [1.54, 1.807) is 11.8 Å². The molecule has 0 atom stereocenters. The van der Waals surface area contributed by atoms with Gasteiger partial charge in [0.15, 0.2) is 5.69 Å². The fourth-order valence-corrected chi connectivity index (χ4v) is 3.65. The summed E-state index contributed by atoms with van der Waals surface area (Å²) in [4.78, 5) is 26.8. The van der Waals surface area contributed by atoms with E-state index in [4.69, 9.17) is 0 Å². The zero-order valence-corrected chi connectivity index (χ0v) is 14.6. The molecule has 0 aromatic carbocycles. The number of hydrogen-bond acceptors (Lipinski definition) is 6. The Hall–Kier alpha value is -1.54. The molecule has 0 bridgehead atoms. The Morgan fingerprint density at radius 2 is 1.91 bits per heavy atom. The highest BCUT2D eigenvalue weighted by Gasteiger charge is 2.45. The molecule has 3 heterocycles. The predicted octanol–water partition coefficient (Wildman–Crippen LogP) is 0.567. The van der Waals surface area contributed by atoms with Crippen LogP contribution >= 0.6 is 11.7 Å². The Morgan fingerprint density at radius 1 is 1.22 bits per heavy atom. The average Bonchev–Trinajstić information content (AvgIpc) is 2.92. The minimum absolute atomic E-state index is 0.0372. The van der Waals surface area contributed by atoms with Gasteiger partial charge >= 0.3 is 0 Å². The van der Waals surface area contributed by atoms with Crippen LogP contribution in [-0.4, -0.2) is 57.2 Å². The first-order valence-electron chi connectivity index (χ1n) is 7.95. The Labute approximate surface area is 140 Å². The van der Waals surface area contributed by atoms with Crippen molar-refractivity contribution in [3.8, 4) is 0 Å². The fourth-order valence-electron chi connectivity index (χ4n) is 3.11. The second-order valence-corrected chi connectivity index (χ2v) is 7.80. The standard InChI is InChI=1S/C15H23N5O2S/c1-10-11(19-23-18-10)12(21)20-6-4-15(5-7-20)13(22)16-8-14(2,3)9-17-15/h17H,4-9H2,1-3H3,(H,16,22). The zero-order chi connectivity index (χ0) is 16.7. The Kier molecular flexibility index (Phi) is 4.14. The molecule has 1 aromatic heterocycles. The van der Waals surface area contributed by atoms with Crippen LogP contribution in [0, 0.1) is 12.3 Å². The van der Waals surface area contributed by atoms with Gasteiger partial charge in [0.1, 0.15) is 5.54 Å². The zero-order valence-electron chi connectivity index (χ0n) is 13.8. The van der Waals surface area contributed by atoms with Crippen LogP contribution < -0.4 is 10.6 Å². The van der Waals surface area contributed by atoms with Gasteiger partial charge in [0.2, 0.25) is 5.91 Å². The predicted molar refractivity (Wildman–Crippen MR) is 87.3 cm³/mol. The fraction of sp³-hybridized carbons (Fsp3) is 0.733. The topological polar surface area (TPSA) is 87.2 Å². The highest BCUT2D eigenvalue weighted by molar-refractivity contribution is 6.99. The third-order valence-electron chi connectivity index (χ3n) is 4.83. The van der Waals surface area contributed by atoms with E-state index in [9.17, 15) is 9.59 Å². The number of aromatic nitrogens is 2. The van der Waals surface area contributed by atoms with Crippen molar-refractivity contribution < 1.29 is 9.59 Å². The highest BCUT2D eigenvalue weighted by atomic mass is 32.1. The lowest BCUT2D eigenvalue weighted by Crippen LogP contribution is -2.61. The molecule has 2 N–H and O–H groups in total. The molecule has 23 heavy (non-hydrogen) atoms. The van der Waals surface area contributed by atoms with Crippen LogP contribution in [0.3, 0.4) is 0 Å². The molecule has 1 spiro atoms. The summed E-state index contributed by atoms with van der Waals surface area (Å²) in [6, 6.07) is 0. The van der Waals surface area contributed by atoms with Crippen molar-refractivity contribution in [2.45, 2.75) is 39.2 Å². The van der Waals surface area contributed by atoms with Crippen molar-refractivity contribution in [3.05, 3.63) is 11.4 Å². The monoisotopic (exact) mass is 337 g/mol. The third-order valence-corrected chi connectivity index (χ3v) is 5.45. The van der Waals surface area contributed by atoms with E-state index in [0.29, 0.717) is 43.9 Å². The van der Waals surface area contributed by atoms with Crippen molar-refractivity contribution in [2.75, 3.05) is 26.2 Å². The normalized spacial score (nSPS) is 23.4. The first kappa shape index (κ1) is 16.3. The molecule has 0 aliphatic carbocycles. The van der Waals surface area contributed by atoms with Gasteiger partial charge in [-0.3, -0.25) is 9.59 Å². The smallest absolute Gasteiger partial charge is 0.275 e. The summed E-state index contributed by atoms with van der Waals surface area (Å²) in [7, 11) is 0. The molecule has 2 fully saturated rings. The molecule has 126 valence electrons. The quantitative estimate of drug-likeness (QED) is 0.782. The van der Waals surface area contributed by atoms with Crippen molar-refractivity contribution >= 4 is 23.5 Å². The van der Waals surface area contributed by atoms with Crippen LogP contribution in [0.5, 0.6) is 0 Å². The number of likely N-dealkylation sites (tertiary alicyclic amines) is 1. The van der Waals surface area contributed by atoms with Gasteiger partial charge < -0.3 is 15.5 Å². The molecule has 0 radical (unpaired) electrons.